The molecule has 0 radical (unpaired) electrons. The lowest BCUT2D eigenvalue weighted by Crippen LogP contribution is -2.36. The number of hydrogen-bond donors (Lipinski definition) is 1. The summed E-state index contributed by atoms with van der Waals surface area (Å²) in [6, 6.07) is 37.3. The molecule has 0 saturated heterocycles. The lowest BCUT2D eigenvalue weighted by atomic mass is 9.62. The fourth-order valence-electron chi connectivity index (χ4n) is 6.99. The van der Waals surface area contributed by atoms with E-state index in [2.05, 4.69) is 127 Å². The quantitative estimate of drug-likeness (QED) is 0.328. The minimum absolute atomic E-state index is 0.219. The van der Waals surface area contributed by atoms with E-state index in [1.165, 1.54) is 38.6 Å². The van der Waals surface area contributed by atoms with E-state index in [1.54, 1.807) is 0 Å². The molecule has 1 nitrogen and oxygen atoms in total. The summed E-state index contributed by atoms with van der Waals surface area (Å²) >= 11 is 0. The molecule has 3 aliphatic rings. The van der Waals surface area contributed by atoms with E-state index in [4.69, 9.17) is 5.73 Å². The van der Waals surface area contributed by atoms with Crippen molar-refractivity contribution in [2.75, 3.05) is 0 Å². The molecular formula is C35H29N. The van der Waals surface area contributed by atoms with Gasteiger partial charge < -0.3 is 5.73 Å². The van der Waals surface area contributed by atoms with Gasteiger partial charge in [0.1, 0.15) is 0 Å². The first-order valence-corrected chi connectivity index (χ1v) is 13.0. The molecule has 0 aromatic heterocycles. The third kappa shape index (κ3) is 2.96. The number of allylic oxidation sites excluding steroid dienone is 7. The highest BCUT2D eigenvalue weighted by Gasteiger charge is 2.56. The molecule has 36 heavy (non-hydrogen) atoms. The zero-order valence-electron chi connectivity index (χ0n) is 20.3. The first-order valence-electron chi connectivity index (χ1n) is 13.0. The molecule has 1 saturated carbocycles. The Hall–Kier alpha value is -4.10. The van der Waals surface area contributed by atoms with Gasteiger partial charge in [-0.15, -0.1) is 0 Å². The maximum atomic E-state index is 6.98. The highest BCUT2D eigenvalue weighted by Crippen LogP contribution is 2.62. The Labute approximate surface area is 213 Å². The second-order valence-electron chi connectivity index (χ2n) is 10.2. The van der Waals surface area contributed by atoms with Crippen molar-refractivity contribution in [3.8, 4) is 0 Å². The Balaban J connectivity index is 1.49. The molecule has 3 aliphatic carbocycles. The molecule has 1 fully saturated rings. The van der Waals surface area contributed by atoms with Crippen LogP contribution >= 0.6 is 0 Å². The van der Waals surface area contributed by atoms with Gasteiger partial charge in [0.15, 0.2) is 0 Å². The van der Waals surface area contributed by atoms with Crippen LogP contribution in [0.1, 0.15) is 29.5 Å². The lowest BCUT2D eigenvalue weighted by molar-refractivity contribution is 0.440. The van der Waals surface area contributed by atoms with Crippen LogP contribution in [-0.2, 0) is 5.41 Å². The zero-order chi connectivity index (χ0) is 24.1. The molecule has 2 atom stereocenters. The second-order valence-corrected chi connectivity index (χ2v) is 10.2. The molecule has 0 amide bonds. The molecular weight excluding hydrogens is 434 g/mol. The van der Waals surface area contributed by atoms with Crippen molar-refractivity contribution < 1.29 is 0 Å². The SMILES string of the molecule is NC1=CC2C(C=C1c1cccc3ccccc13)C1=CCCC=C1C2(c1ccccc1)c1ccccc1. The average molecular weight is 464 g/mol. The van der Waals surface area contributed by atoms with Gasteiger partial charge in [0, 0.05) is 23.1 Å². The van der Waals surface area contributed by atoms with E-state index in [0.717, 1.165) is 24.1 Å². The summed E-state index contributed by atoms with van der Waals surface area (Å²) in [6.45, 7) is 0. The largest absolute Gasteiger partial charge is 0.398 e. The maximum Gasteiger partial charge on any atom is 0.0523 e. The van der Waals surface area contributed by atoms with Gasteiger partial charge in [-0.05, 0) is 51.5 Å². The minimum Gasteiger partial charge on any atom is -0.398 e. The summed E-state index contributed by atoms with van der Waals surface area (Å²) in [5.74, 6) is 0.495. The van der Waals surface area contributed by atoms with Crippen LogP contribution in [0.25, 0.3) is 16.3 Å². The van der Waals surface area contributed by atoms with Crippen molar-refractivity contribution >= 4 is 16.3 Å². The van der Waals surface area contributed by atoms with E-state index in [1.807, 2.05) is 0 Å². The van der Waals surface area contributed by atoms with Gasteiger partial charge in [-0.3, -0.25) is 0 Å². The van der Waals surface area contributed by atoms with Gasteiger partial charge in [0.25, 0.3) is 0 Å². The average Bonchev–Trinajstić information content (AvgIpc) is 3.23. The van der Waals surface area contributed by atoms with Crippen molar-refractivity contribution in [2.45, 2.75) is 18.3 Å². The molecule has 0 aliphatic heterocycles. The normalized spacial score (nSPS) is 22.1. The van der Waals surface area contributed by atoms with Crippen LogP contribution in [0.15, 0.2) is 144 Å². The van der Waals surface area contributed by atoms with Gasteiger partial charge in [0.2, 0.25) is 0 Å². The van der Waals surface area contributed by atoms with Crippen molar-refractivity contribution in [1.29, 1.82) is 0 Å². The third-order valence-electron chi connectivity index (χ3n) is 8.42. The van der Waals surface area contributed by atoms with Crippen LogP contribution in [-0.4, -0.2) is 0 Å². The molecule has 2 unspecified atom stereocenters. The standard InChI is InChI=1S/C35H29N/c36-34-23-33-30(22-31(34)28-20-11-13-24-12-7-8-18-27(24)28)29-19-9-10-21-32(29)35(33,25-14-3-1-4-15-25)26-16-5-2-6-17-26/h1-8,11-23,30,33H,9-10,36H2. The predicted octanol–water partition coefficient (Wildman–Crippen LogP) is 7.96. The van der Waals surface area contributed by atoms with Crippen molar-refractivity contribution in [2.24, 2.45) is 17.6 Å². The first kappa shape index (κ1) is 21.2. The molecule has 2 N–H and O–H groups in total. The summed E-state index contributed by atoms with van der Waals surface area (Å²) in [5, 5.41) is 2.50. The van der Waals surface area contributed by atoms with Gasteiger partial charge in [0.05, 0.1) is 5.41 Å². The minimum atomic E-state index is -0.259. The van der Waals surface area contributed by atoms with E-state index in [-0.39, 0.29) is 17.3 Å². The predicted molar refractivity (Wildman–Crippen MR) is 150 cm³/mol. The van der Waals surface area contributed by atoms with E-state index >= 15 is 0 Å². The maximum absolute atomic E-state index is 6.98. The van der Waals surface area contributed by atoms with Crippen LogP contribution in [0.4, 0.5) is 0 Å². The lowest BCUT2D eigenvalue weighted by Gasteiger charge is -2.39. The molecule has 174 valence electrons. The number of benzene rings is 4. The second kappa shape index (κ2) is 8.24. The van der Waals surface area contributed by atoms with Crippen molar-refractivity contribution in [1.82, 2.24) is 0 Å². The highest BCUT2D eigenvalue weighted by molar-refractivity contribution is 5.98. The fraction of sp³-hybridized carbons (Fsp3) is 0.143. The molecule has 7 rings (SSSR count). The van der Waals surface area contributed by atoms with Crippen LogP contribution in [0.2, 0.25) is 0 Å². The highest BCUT2D eigenvalue weighted by atomic mass is 14.6. The Morgan fingerprint density at radius 3 is 2.03 bits per heavy atom. The van der Waals surface area contributed by atoms with Crippen molar-refractivity contribution in [3.63, 3.8) is 0 Å². The summed E-state index contributed by atoms with van der Waals surface area (Å²) in [4.78, 5) is 0. The number of rotatable bonds is 3. The summed E-state index contributed by atoms with van der Waals surface area (Å²) in [7, 11) is 0. The van der Waals surface area contributed by atoms with Crippen LogP contribution in [0, 0.1) is 11.8 Å². The smallest absolute Gasteiger partial charge is 0.0523 e. The molecule has 0 heterocycles. The van der Waals surface area contributed by atoms with E-state index in [0.29, 0.717) is 0 Å². The third-order valence-corrected chi connectivity index (χ3v) is 8.42. The monoisotopic (exact) mass is 463 g/mol. The molecule has 4 aromatic rings. The fourth-order valence-corrected chi connectivity index (χ4v) is 6.99. The molecule has 0 spiro atoms. The molecule has 4 aromatic carbocycles. The number of fused-ring (bicyclic) bond motifs is 4. The Kier molecular flexibility index (Phi) is 4.85. The van der Waals surface area contributed by atoms with E-state index in [9.17, 15) is 0 Å². The van der Waals surface area contributed by atoms with Crippen LogP contribution in [0.3, 0.4) is 0 Å². The Morgan fingerprint density at radius 1 is 0.639 bits per heavy atom. The van der Waals surface area contributed by atoms with Crippen LogP contribution in [0.5, 0.6) is 0 Å². The number of nitrogens with two attached hydrogens (primary N) is 1. The van der Waals surface area contributed by atoms with Gasteiger partial charge in [-0.2, -0.15) is 0 Å². The van der Waals surface area contributed by atoms with Gasteiger partial charge in [-0.1, -0.05) is 127 Å². The molecule has 0 bridgehead atoms. The van der Waals surface area contributed by atoms with Crippen LogP contribution < -0.4 is 5.73 Å². The van der Waals surface area contributed by atoms with E-state index < -0.39 is 0 Å². The topological polar surface area (TPSA) is 26.0 Å². The Morgan fingerprint density at radius 2 is 1.28 bits per heavy atom. The van der Waals surface area contributed by atoms with Crippen molar-refractivity contribution in [3.05, 3.63) is 161 Å². The van der Waals surface area contributed by atoms with Gasteiger partial charge in [-0.25, -0.2) is 0 Å². The summed E-state index contributed by atoms with van der Waals surface area (Å²) in [5.41, 5.74) is 15.6. The molecule has 1 heteroatoms. The summed E-state index contributed by atoms with van der Waals surface area (Å²) < 4.78 is 0. The van der Waals surface area contributed by atoms with Gasteiger partial charge >= 0.3 is 0 Å². The summed E-state index contributed by atoms with van der Waals surface area (Å²) in [6.07, 6.45) is 12.0. The zero-order valence-corrected chi connectivity index (χ0v) is 20.3. The Bertz CT molecular complexity index is 1540. The number of hydrogen-bond acceptors (Lipinski definition) is 1. The first-order chi connectivity index (χ1) is 17.8.